The first kappa shape index (κ1) is 9.30. The lowest BCUT2D eigenvalue weighted by Gasteiger charge is -2.13. The van der Waals surface area contributed by atoms with Gasteiger partial charge in [0.1, 0.15) is 36.9 Å². The van der Waals surface area contributed by atoms with Gasteiger partial charge in [0.15, 0.2) is 0 Å². The molecule has 0 bridgehead atoms. The van der Waals surface area contributed by atoms with E-state index in [1.54, 1.807) is 24.3 Å². The molecule has 120 valence electrons. The van der Waals surface area contributed by atoms with Crippen molar-refractivity contribution in [2.24, 2.45) is 0 Å². The Morgan fingerprint density at radius 1 is 1.00 bits per heavy atom. The topological polar surface area (TPSA) is 43.5 Å². The zero-order valence-electron chi connectivity index (χ0n) is 18.4. The lowest BCUT2D eigenvalue weighted by Crippen LogP contribution is -2.08. The monoisotopic (exact) mass is 318 g/mol. The van der Waals surface area contributed by atoms with Gasteiger partial charge in [0.05, 0.1) is 18.7 Å². The first-order chi connectivity index (χ1) is 13.7. The third-order valence-corrected chi connectivity index (χ3v) is 3.37. The number of ether oxygens (including phenoxy) is 4. The molecule has 4 rings (SSSR count). The molecule has 2 aliphatic heterocycles. The van der Waals surface area contributed by atoms with Crippen molar-refractivity contribution in [2.75, 3.05) is 26.4 Å². The summed E-state index contributed by atoms with van der Waals surface area (Å²) in [5.74, 6) is 0.152. The van der Waals surface area contributed by atoms with E-state index in [-0.39, 0.29) is 48.3 Å². The van der Waals surface area contributed by atoms with Gasteiger partial charge in [-0.25, -0.2) is 0 Å². The lowest BCUT2D eigenvalue weighted by molar-refractivity contribution is 0.259. The SMILES string of the molecule is [2H]c1ccc(OC([2H])([2H])C2CO2)c(C([2H])([2H])c2ccccc2OCC2CO2)c1[2H]. The van der Waals surface area contributed by atoms with Gasteiger partial charge in [0.25, 0.3) is 0 Å². The highest BCUT2D eigenvalue weighted by Gasteiger charge is 2.24. The third-order valence-electron chi connectivity index (χ3n) is 3.37. The maximum Gasteiger partial charge on any atom is 0.122 e. The molecule has 0 spiro atoms. The number of benzene rings is 2. The Hall–Kier alpha value is -2.04. The maximum absolute atomic E-state index is 8.78. The Morgan fingerprint density at radius 2 is 1.74 bits per heavy atom. The molecule has 2 aromatic rings. The van der Waals surface area contributed by atoms with E-state index >= 15 is 0 Å². The van der Waals surface area contributed by atoms with Crippen molar-refractivity contribution >= 4 is 0 Å². The molecular weight excluding hydrogens is 292 g/mol. The van der Waals surface area contributed by atoms with Crippen molar-refractivity contribution in [3.63, 3.8) is 0 Å². The van der Waals surface area contributed by atoms with Crippen LogP contribution in [0.2, 0.25) is 0 Å². The summed E-state index contributed by atoms with van der Waals surface area (Å²) in [6, 6.07) is 8.57. The number of hydrogen-bond acceptors (Lipinski definition) is 4. The van der Waals surface area contributed by atoms with Crippen LogP contribution in [0.3, 0.4) is 0 Å². The molecule has 2 fully saturated rings. The van der Waals surface area contributed by atoms with Gasteiger partial charge in [0, 0.05) is 9.11 Å². The van der Waals surface area contributed by atoms with Crippen LogP contribution in [0, 0.1) is 0 Å². The summed E-state index contributed by atoms with van der Waals surface area (Å²) >= 11 is 0. The lowest BCUT2D eigenvalue weighted by atomic mass is 10.0. The molecule has 2 aromatic carbocycles. The zero-order valence-corrected chi connectivity index (χ0v) is 12.4. The molecule has 2 unspecified atom stereocenters. The number of para-hydroxylation sites is 2. The van der Waals surface area contributed by atoms with E-state index in [0.717, 1.165) is 0 Å². The zero-order chi connectivity index (χ0) is 20.8. The quantitative estimate of drug-likeness (QED) is 0.702. The number of rotatable bonds is 8. The fourth-order valence-corrected chi connectivity index (χ4v) is 1.98. The molecule has 4 nitrogen and oxygen atoms in total. The molecule has 23 heavy (non-hydrogen) atoms. The normalized spacial score (nSPS) is 26.8. The minimum absolute atomic E-state index is 0.0121. The van der Waals surface area contributed by atoms with E-state index in [0.29, 0.717) is 12.4 Å². The molecule has 2 saturated heterocycles. The Bertz CT molecular complexity index is 912. The first-order valence-corrected chi connectivity index (χ1v) is 7.45. The smallest absolute Gasteiger partial charge is 0.122 e. The minimum Gasteiger partial charge on any atom is -0.490 e. The molecule has 0 radical (unpaired) electrons. The number of epoxide rings is 2. The second-order valence-electron chi connectivity index (χ2n) is 5.27. The van der Waals surface area contributed by atoms with Gasteiger partial charge < -0.3 is 18.9 Å². The van der Waals surface area contributed by atoms with Crippen LogP contribution in [0.25, 0.3) is 0 Å². The van der Waals surface area contributed by atoms with Crippen molar-refractivity contribution in [3.8, 4) is 11.5 Å². The fraction of sp³-hybridized carbons (Fsp3) is 0.368. The fourth-order valence-electron chi connectivity index (χ4n) is 1.98. The van der Waals surface area contributed by atoms with Gasteiger partial charge >= 0.3 is 0 Å². The summed E-state index contributed by atoms with van der Waals surface area (Å²) < 4.78 is 71.1. The van der Waals surface area contributed by atoms with Crippen LogP contribution in [0.15, 0.2) is 48.5 Å². The molecule has 2 atom stereocenters. The molecule has 0 aliphatic carbocycles. The molecule has 0 saturated carbocycles. The summed E-state index contributed by atoms with van der Waals surface area (Å²) in [6.45, 7) is -1.09. The van der Waals surface area contributed by atoms with Gasteiger partial charge in [-0.1, -0.05) is 36.4 Å². The molecule has 0 amide bonds. The van der Waals surface area contributed by atoms with Crippen LogP contribution in [0.5, 0.6) is 11.5 Å². The van der Waals surface area contributed by atoms with E-state index in [4.69, 9.17) is 27.2 Å². The minimum atomic E-state index is -2.27. The summed E-state index contributed by atoms with van der Waals surface area (Å²) in [6.07, 6.45) is -3.03. The Morgan fingerprint density at radius 3 is 2.57 bits per heavy atom. The highest BCUT2D eigenvalue weighted by molar-refractivity contribution is 5.42. The van der Waals surface area contributed by atoms with Crippen molar-refractivity contribution in [1.82, 2.24) is 0 Å². The first-order valence-electron chi connectivity index (χ1n) is 10.5. The van der Waals surface area contributed by atoms with E-state index in [1.165, 1.54) is 12.1 Å². The van der Waals surface area contributed by atoms with Crippen LogP contribution in [0.4, 0.5) is 0 Å². The molecule has 0 N–H and O–H groups in total. The van der Waals surface area contributed by atoms with Crippen molar-refractivity contribution in [1.29, 1.82) is 0 Å². The highest BCUT2D eigenvalue weighted by Crippen LogP contribution is 2.27. The highest BCUT2D eigenvalue weighted by atomic mass is 16.6. The van der Waals surface area contributed by atoms with Crippen molar-refractivity contribution in [3.05, 3.63) is 59.6 Å². The second-order valence-corrected chi connectivity index (χ2v) is 5.27. The second kappa shape index (κ2) is 6.60. The van der Waals surface area contributed by atoms with Crippen LogP contribution in [0.1, 0.15) is 19.4 Å². The van der Waals surface area contributed by atoms with E-state index in [1.807, 2.05) is 0 Å². The maximum atomic E-state index is 8.78. The standard InChI is InChI=1S/C19H20O4/c1-3-7-18(22-12-16-10-20-16)14(5-1)9-15-6-2-4-8-19(15)23-13-17-11-21-17/h1-8,16-17H,9-13H2/i1D,5D,9D2,12D2. The van der Waals surface area contributed by atoms with Crippen molar-refractivity contribution in [2.45, 2.75) is 18.6 Å². The van der Waals surface area contributed by atoms with E-state index in [2.05, 4.69) is 0 Å². The summed E-state index contributed by atoms with van der Waals surface area (Å²) in [5.41, 5.74) is -0.0684. The largest absolute Gasteiger partial charge is 0.490 e. The molecule has 2 aliphatic rings. The summed E-state index contributed by atoms with van der Waals surface area (Å²) in [7, 11) is 0. The molecule has 4 heteroatoms. The molecule has 0 aromatic heterocycles. The summed E-state index contributed by atoms with van der Waals surface area (Å²) in [5, 5.41) is 0. The van der Waals surface area contributed by atoms with Gasteiger partial charge in [-0.2, -0.15) is 0 Å². The average Bonchev–Trinajstić information content (AvgIpc) is 3.55. The van der Waals surface area contributed by atoms with Crippen LogP contribution < -0.4 is 9.47 Å². The van der Waals surface area contributed by atoms with Crippen molar-refractivity contribution < 1.29 is 27.2 Å². The average molecular weight is 318 g/mol. The van der Waals surface area contributed by atoms with Gasteiger partial charge in [0.2, 0.25) is 0 Å². The van der Waals surface area contributed by atoms with Crippen LogP contribution in [-0.4, -0.2) is 38.6 Å². The Balaban J connectivity index is 1.75. The predicted molar refractivity (Wildman–Crippen MR) is 86.2 cm³/mol. The molecular formula is C19H20O4. The van der Waals surface area contributed by atoms with E-state index < -0.39 is 19.0 Å². The van der Waals surface area contributed by atoms with Gasteiger partial charge in [-0.3, -0.25) is 0 Å². The number of hydrogen-bond donors (Lipinski definition) is 0. The van der Waals surface area contributed by atoms with Crippen LogP contribution >= 0.6 is 0 Å². The Kier molecular flexibility index (Phi) is 2.67. The molecule has 2 heterocycles. The van der Waals surface area contributed by atoms with Crippen LogP contribution in [-0.2, 0) is 15.8 Å². The predicted octanol–water partition coefficient (Wildman–Crippen LogP) is 2.83. The third kappa shape index (κ3) is 4.03. The van der Waals surface area contributed by atoms with E-state index in [9.17, 15) is 0 Å². The Labute approximate surface area is 144 Å². The van der Waals surface area contributed by atoms with Gasteiger partial charge in [-0.15, -0.1) is 0 Å². The summed E-state index contributed by atoms with van der Waals surface area (Å²) in [4.78, 5) is 0. The van der Waals surface area contributed by atoms with Gasteiger partial charge in [-0.05, 0) is 23.3 Å².